The second-order valence-corrected chi connectivity index (χ2v) is 9.09. The summed E-state index contributed by atoms with van der Waals surface area (Å²) >= 11 is 0. The lowest BCUT2D eigenvalue weighted by Crippen LogP contribution is -2.23. The summed E-state index contributed by atoms with van der Waals surface area (Å²) in [6.45, 7) is 3.69. The van der Waals surface area contributed by atoms with Gasteiger partial charge in [-0.1, -0.05) is 42.5 Å². The van der Waals surface area contributed by atoms with Crippen molar-refractivity contribution < 1.29 is 24.9 Å². The van der Waals surface area contributed by atoms with Gasteiger partial charge in [0.15, 0.2) is 0 Å². The normalized spacial score (nSPS) is 24.7. The highest BCUT2D eigenvalue weighted by atomic mass is 16.5. The molecule has 0 spiro atoms. The topological polar surface area (TPSA) is 87.0 Å². The Hall–Kier alpha value is -1.69. The largest absolute Gasteiger partial charge is 0.463 e. The lowest BCUT2D eigenvalue weighted by atomic mass is 9.85. The minimum Gasteiger partial charge on any atom is -0.463 e. The van der Waals surface area contributed by atoms with E-state index in [1.165, 1.54) is 5.56 Å². The predicted molar refractivity (Wildman–Crippen MR) is 122 cm³/mol. The zero-order valence-corrected chi connectivity index (χ0v) is 19.0. The number of aryl methyl sites for hydroxylation is 1. The Bertz CT molecular complexity index is 657. The molecule has 5 nitrogen and oxygen atoms in total. The van der Waals surface area contributed by atoms with Crippen molar-refractivity contribution in [3.8, 4) is 0 Å². The fourth-order valence-corrected chi connectivity index (χ4v) is 4.47. The monoisotopic (exact) mass is 432 g/mol. The van der Waals surface area contributed by atoms with E-state index in [1.807, 2.05) is 38.1 Å². The number of hydrogen-bond donors (Lipinski definition) is 3. The molecule has 5 heteroatoms. The van der Waals surface area contributed by atoms with E-state index in [-0.39, 0.29) is 23.9 Å². The van der Waals surface area contributed by atoms with Crippen molar-refractivity contribution in [2.45, 2.75) is 96.1 Å². The van der Waals surface area contributed by atoms with Gasteiger partial charge in [0.05, 0.1) is 24.4 Å². The summed E-state index contributed by atoms with van der Waals surface area (Å²) in [6, 6.07) is 10.1. The second kappa shape index (κ2) is 13.7. The standard InChI is InChI=1S/C26H40O5/c1-19(2)31-26(30)13-9-4-3-8-12-22-23(25(29)18-24(22)28)17-16-21(27)15-14-20-10-6-5-7-11-20/h3,5-8,10-11,19,21-25,27-29H,4,9,12-18H2,1-2H3/b8-3+/t21-,22-,23-,24+,25+/m1/s1. The highest BCUT2D eigenvalue weighted by Crippen LogP contribution is 2.38. The van der Waals surface area contributed by atoms with Crippen LogP contribution in [0.15, 0.2) is 42.5 Å². The maximum absolute atomic E-state index is 11.5. The Morgan fingerprint density at radius 1 is 1.10 bits per heavy atom. The smallest absolute Gasteiger partial charge is 0.306 e. The van der Waals surface area contributed by atoms with Crippen molar-refractivity contribution in [1.82, 2.24) is 0 Å². The summed E-state index contributed by atoms with van der Waals surface area (Å²) in [5, 5.41) is 31.2. The third kappa shape index (κ3) is 9.55. The van der Waals surface area contributed by atoms with Gasteiger partial charge in [0.2, 0.25) is 0 Å². The lowest BCUT2D eigenvalue weighted by Gasteiger charge is -2.23. The summed E-state index contributed by atoms with van der Waals surface area (Å²) in [7, 11) is 0. The van der Waals surface area contributed by atoms with Crippen molar-refractivity contribution >= 4 is 5.97 Å². The van der Waals surface area contributed by atoms with E-state index in [2.05, 4.69) is 18.2 Å². The number of unbranched alkanes of at least 4 members (excludes halogenated alkanes) is 1. The Morgan fingerprint density at radius 3 is 2.52 bits per heavy atom. The molecule has 174 valence electrons. The molecule has 0 aromatic heterocycles. The molecule has 1 aliphatic carbocycles. The van der Waals surface area contributed by atoms with Crippen LogP contribution in [0.3, 0.4) is 0 Å². The summed E-state index contributed by atoms with van der Waals surface area (Å²) in [5.41, 5.74) is 1.22. The molecular weight excluding hydrogens is 392 g/mol. The second-order valence-electron chi connectivity index (χ2n) is 9.09. The minimum absolute atomic E-state index is 0.00652. The number of benzene rings is 1. The van der Waals surface area contributed by atoms with Gasteiger partial charge in [-0.15, -0.1) is 0 Å². The van der Waals surface area contributed by atoms with E-state index >= 15 is 0 Å². The van der Waals surface area contributed by atoms with Crippen LogP contribution >= 0.6 is 0 Å². The van der Waals surface area contributed by atoms with Crippen LogP contribution in [-0.2, 0) is 16.0 Å². The molecular formula is C26H40O5. The van der Waals surface area contributed by atoms with Gasteiger partial charge in [-0.05, 0) is 82.6 Å². The zero-order chi connectivity index (χ0) is 22.6. The van der Waals surface area contributed by atoms with E-state index in [9.17, 15) is 20.1 Å². The molecule has 0 bridgehead atoms. The van der Waals surface area contributed by atoms with Crippen molar-refractivity contribution in [2.75, 3.05) is 0 Å². The molecule has 1 fully saturated rings. The molecule has 5 atom stereocenters. The number of hydrogen-bond acceptors (Lipinski definition) is 5. The first kappa shape index (κ1) is 25.6. The molecule has 0 unspecified atom stereocenters. The van der Waals surface area contributed by atoms with E-state index in [0.29, 0.717) is 38.5 Å². The van der Waals surface area contributed by atoms with E-state index in [1.54, 1.807) is 0 Å². The molecule has 0 aliphatic heterocycles. The van der Waals surface area contributed by atoms with Crippen LogP contribution in [0.5, 0.6) is 0 Å². The third-order valence-corrected chi connectivity index (χ3v) is 6.16. The van der Waals surface area contributed by atoms with E-state index in [4.69, 9.17) is 4.74 Å². The van der Waals surface area contributed by atoms with Gasteiger partial charge in [-0.25, -0.2) is 0 Å². The molecule has 1 aliphatic rings. The number of carbonyl (C=O) groups is 1. The maximum atomic E-state index is 11.5. The molecule has 1 saturated carbocycles. The van der Waals surface area contributed by atoms with E-state index in [0.717, 1.165) is 19.3 Å². The fourth-order valence-electron chi connectivity index (χ4n) is 4.47. The van der Waals surface area contributed by atoms with Crippen LogP contribution in [-0.4, -0.2) is 45.7 Å². The number of ether oxygens (including phenoxy) is 1. The van der Waals surface area contributed by atoms with Gasteiger partial charge < -0.3 is 20.1 Å². The van der Waals surface area contributed by atoms with Crippen LogP contribution in [0.2, 0.25) is 0 Å². The van der Waals surface area contributed by atoms with Crippen LogP contribution in [0, 0.1) is 11.8 Å². The first-order chi connectivity index (χ1) is 14.9. The molecule has 1 aromatic carbocycles. The average Bonchev–Trinajstić information content (AvgIpc) is 3.00. The minimum atomic E-state index is -0.513. The summed E-state index contributed by atoms with van der Waals surface area (Å²) < 4.78 is 5.12. The maximum Gasteiger partial charge on any atom is 0.306 e. The summed E-state index contributed by atoms with van der Waals surface area (Å²) in [5.74, 6) is -0.144. The zero-order valence-electron chi connectivity index (χ0n) is 19.0. The molecule has 1 aromatic rings. The average molecular weight is 433 g/mol. The van der Waals surface area contributed by atoms with Crippen molar-refractivity contribution in [1.29, 1.82) is 0 Å². The lowest BCUT2D eigenvalue weighted by molar-refractivity contribution is -0.147. The van der Waals surface area contributed by atoms with Gasteiger partial charge in [0.1, 0.15) is 0 Å². The molecule has 3 N–H and O–H groups in total. The number of rotatable bonds is 13. The molecule has 31 heavy (non-hydrogen) atoms. The van der Waals surface area contributed by atoms with Gasteiger partial charge in [0, 0.05) is 6.42 Å². The Labute approximate surface area is 187 Å². The number of aliphatic hydroxyl groups excluding tert-OH is 3. The van der Waals surface area contributed by atoms with Gasteiger partial charge >= 0.3 is 5.97 Å². The number of allylic oxidation sites excluding steroid dienone is 2. The third-order valence-electron chi connectivity index (χ3n) is 6.16. The number of carbonyl (C=O) groups excluding carboxylic acids is 1. The highest BCUT2D eigenvalue weighted by Gasteiger charge is 2.40. The molecule has 0 saturated heterocycles. The van der Waals surface area contributed by atoms with Crippen LogP contribution in [0.1, 0.15) is 70.8 Å². The van der Waals surface area contributed by atoms with Crippen LogP contribution < -0.4 is 0 Å². The molecule has 0 radical (unpaired) electrons. The fraction of sp³-hybridized carbons (Fsp3) is 0.654. The molecule has 2 rings (SSSR count). The SMILES string of the molecule is CC(C)OC(=O)CCC/C=C/C[C@@H]1[C@@H](CC[C@H](O)CCc2ccccc2)[C@@H](O)C[C@@H]1O. The van der Waals surface area contributed by atoms with Gasteiger partial charge in [0.25, 0.3) is 0 Å². The number of aliphatic hydroxyl groups is 3. The summed E-state index contributed by atoms with van der Waals surface area (Å²) in [6.07, 6.45) is 8.58. The van der Waals surface area contributed by atoms with Crippen molar-refractivity contribution in [2.24, 2.45) is 11.8 Å². The summed E-state index contributed by atoms with van der Waals surface area (Å²) in [4.78, 5) is 11.5. The Morgan fingerprint density at radius 2 is 1.81 bits per heavy atom. The quantitative estimate of drug-likeness (QED) is 0.247. The van der Waals surface area contributed by atoms with Crippen molar-refractivity contribution in [3.63, 3.8) is 0 Å². The Balaban J connectivity index is 1.70. The predicted octanol–water partition coefficient (Wildman–Crippen LogP) is 4.19. The first-order valence-electron chi connectivity index (χ1n) is 11.8. The Kier molecular flexibility index (Phi) is 11.3. The molecule has 0 amide bonds. The number of esters is 1. The van der Waals surface area contributed by atoms with Crippen LogP contribution in [0.4, 0.5) is 0 Å². The molecule has 0 heterocycles. The van der Waals surface area contributed by atoms with Gasteiger partial charge in [-0.2, -0.15) is 0 Å². The van der Waals surface area contributed by atoms with E-state index < -0.39 is 18.3 Å². The van der Waals surface area contributed by atoms with Crippen LogP contribution in [0.25, 0.3) is 0 Å². The first-order valence-corrected chi connectivity index (χ1v) is 11.8. The van der Waals surface area contributed by atoms with Gasteiger partial charge in [-0.3, -0.25) is 4.79 Å². The van der Waals surface area contributed by atoms with Crippen molar-refractivity contribution in [3.05, 3.63) is 48.0 Å². The highest BCUT2D eigenvalue weighted by molar-refractivity contribution is 5.69.